The van der Waals surface area contributed by atoms with Gasteiger partial charge >= 0.3 is 0 Å². The highest BCUT2D eigenvalue weighted by Gasteiger charge is 2.10. The maximum Gasteiger partial charge on any atom is 0.251 e. The summed E-state index contributed by atoms with van der Waals surface area (Å²) in [5.41, 5.74) is 1.77. The second kappa shape index (κ2) is 6.39. The van der Waals surface area contributed by atoms with E-state index in [9.17, 15) is 13.6 Å². The zero-order chi connectivity index (χ0) is 16.2. The average molecular weight is 313 g/mol. The van der Waals surface area contributed by atoms with Crippen LogP contribution in [0.25, 0.3) is 5.69 Å². The summed E-state index contributed by atoms with van der Waals surface area (Å²) < 4.78 is 27.7. The molecule has 3 aromatic rings. The molecule has 0 aliphatic rings. The van der Waals surface area contributed by atoms with E-state index < -0.39 is 17.5 Å². The van der Waals surface area contributed by atoms with Gasteiger partial charge in [0.05, 0.1) is 11.9 Å². The number of carbonyl (C=O) groups is 1. The molecule has 0 fully saturated rings. The summed E-state index contributed by atoms with van der Waals surface area (Å²) in [5.74, 6) is -2.50. The van der Waals surface area contributed by atoms with Gasteiger partial charge in [-0.1, -0.05) is 18.2 Å². The van der Waals surface area contributed by atoms with E-state index in [1.54, 1.807) is 17.1 Å². The SMILES string of the molecule is O=C(NCc1cnn(-c2ccccc2)c1)c1ccc(F)c(F)c1. The molecule has 1 aromatic heterocycles. The Labute approximate surface area is 131 Å². The minimum absolute atomic E-state index is 0.0688. The van der Waals surface area contributed by atoms with E-state index >= 15 is 0 Å². The number of hydrogen-bond donors (Lipinski definition) is 1. The van der Waals surface area contributed by atoms with Crippen molar-refractivity contribution in [2.45, 2.75) is 6.54 Å². The van der Waals surface area contributed by atoms with Gasteiger partial charge in [-0.2, -0.15) is 5.10 Å². The Hall–Kier alpha value is -3.02. The molecule has 0 saturated heterocycles. The standard InChI is InChI=1S/C17H13F2N3O/c18-15-7-6-13(8-16(15)19)17(23)20-9-12-10-21-22(11-12)14-4-2-1-3-5-14/h1-8,10-11H,9H2,(H,20,23). The summed E-state index contributed by atoms with van der Waals surface area (Å²) in [7, 11) is 0. The van der Waals surface area contributed by atoms with Gasteiger partial charge in [-0.15, -0.1) is 0 Å². The predicted molar refractivity (Wildman–Crippen MR) is 81.1 cm³/mol. The summed E-state index contributed by atoms with van der Waals surface area (Å²) >= 11 is 0. The van der Waals surface area contributed by atoms with Gasteiger partial charge in [-0.25, -0.2) is 13.5 Å². The van der Waals surface area contributed by atoms with Crippen molar-refractivity contribution >= 4 is 5.91 Å². The molecule has 0 atom stereocenters. The van der Waals surface area contributed by atoms with Crippen LogP contribution < -0.4 is 5.32 Å². The van der Waals surface area contributed by atoms with Gasteiger partial charge in [0.1, 0.15) is 0 Å². The lowest BCUT2D eigenvalue weighted by molar-refractivity contribution is 0.0950. The van der Waals surface area contributed by atoms with Crippen LogP contribution in [-0.2, 0) is 6.54 Å². The van der Waals surface area contributed by atoms with Crippen LogP contribution >= 0.6 is 0 Å². The summed E-state index contributed by atoms with van der Waals surface area (Å²) in [6, 6.07) is 12.6. The van der Waals surface area contributed by atoms with Crippen molar-refractivity contribution < 1.29 is 13.6 Å². The molecule has 3 rings (SSSR count). The predicted octanol–water partition coefficient (Wildman–Crippen LogP) is 3.08. The number of para-hydroxylation sites is 1. The van der Waals surface area contributed by atoms with E-state index in [0.717, 1.165) is 23.4 Å². The van der Waals surface area contributed by atoms with Crippen molar-refractivity contribution in [3.05, 3.63) is 83.7 Å². The van der Waals surface area contributed by atoms with Crippen LogP contribution in [0.1, 0.15) is 15.9 Å². The zero-order valence-electron chi connectivity index (χ0n) is 12.0. The minimum Gasteiger partial charge on any atom is -0.348 e. The van der Waals surface area contributed by atoms with Gasteiger partial charge < -0.3 is 5.32 Å². The van der Waals surface area contributed by atoms with Gasteiger partial charge in [0.15, 0.2) is 11.6 Å². The number of rotatable bonds is 4. The largest absolute Gasteiger partial charge is 0.348 e. The van der Waals surface area contributed by atoms with E-state index in [-0.39, 0.29) is 12.1 Å². The Balaban J connectivity index is 1.65. The molecule has 0 radical (unpaired) electrons. The minimum atomic E-state index is -1.05. The quantitative estimate of drug-likeness (QED) is 0.804. The smallest absolute Gasteiger partial charge is 0.251 e. The van der Waals surface area contributed by atoms with Crippen molar-refractivity contribution in [2.24, 2.45) is 0 Å². The Morgan fingerprint density at radius 2 is 1.87 bits per heavy atom. The number of aromatic nitrogens is 2. The highest BCUT2D eigenvalue weighted by atomic mass is 19.2. The molecule has 116 valence electrons. The van der Waals surface area contributed by atoms with Gasteiger partial charge in [-0.3, -0.25) is 4.79 Å². The zero-order valence-corrected chi connectivity index (χ0v) is 12.0. The summed E-state index contributed by atoms with van der Waals surface area (Å²) in [6.07, 6.45) is 3.43. The maximum atomic E-state index is 13.1. The normalized spacial score (nSPS) is 10.5. The number of hydrogen-bond acceptors (Lipinski definition) is 2. The lowest BCUT2D eigenvalue weighted by Crippen LogP contribution is -2.22. The molecule has 0 unspecified atom stereocenters. The van der Waals surface area contributed by atoms with Crippen LogP contribution in [0.5, 0.6) is 0 Å². The topological polar surface area (TPSA) is 46.9 Å². The molecule has 0 spiro atoms. The van der Waals surface area contributed by atoms with Crippen molar-refractivity contribution in [2.75, 3.05) is 0 Å². The number of nitrogens with one attached hydrogen (secondary N) is 1. The fourth-order valence-electron chi connectivity index (χ4n) is 2.10. The fourth-order valence-corrected chi connectivity index (χ4v) is 2.10. The summed E-state index contributed by atoms with van der Waals surface area (Å²) in [4.78, 5) is 11.9. The highest BCUT2D eigenvalue weighted by molar-refractivity contribution is 5.94. The first-order chi connectivity index (χ1) is 11.1. The molecule has 4 nitrogen and oxygen atoms in total. The van der Waals surface area contributed by atoms with Gasteiger partial charge in [0.2, 0.25) is 0 Å². The first kappa shape index (κ1) is 14.9. The van der Waals surface area contributed by atoms with E-state index in [4.69, 9.17) is 0 Å². The van der Waals surface area contributed by atoms with Gasteiger partial charge in [-0.05, 0) is 30.3 Å². The molecule has 1 N–H and O–H groups in total. The van der Waals surface area contributed by atoms with Crippen LogP contribution in [0.2, 0.25) is 0 Å². The molecule has 0 aliphatic heterocycles. The van der Waals surface area contributed by atoms with Crippen LogP contribution in [0.4, 0.5) is 8.78 Å². The van der Waals surface area contributed by atoms with E-state index in [2.05, 4.69) is 10.4 Å². The monoisotopic (exact) mass is 313 g/mol. The molecule has 6 heteroatoms. The average Bonchev–Trinajstić information content (AvgIpc) is 3.05. The first-order valence-corrected chi connectivity index (χ1v) is 6.96. The summed E-state index contributed by atoms with van der Waals surface area (Å²) in [6.45, 7) is 0.241. The molecule has 1 heterocycles. The van der Waals surface area contributed by atoms with Crippen LogP contribution in [-0.4, -0.2) is 15.7 Å². The molecule has 0 bridgehead atoms. The second-order valence-electron chi connectivity index (χ2n) is 4.94. The third-order valence-electron chi connectivity index (χ3n) is 3.29. The Kier molecular flexibility index (Phi) is 4.14. The van der Waals surface area contributed by atoms with E-state index in [1.807, 2.05) is 30.3 Å². The second-order valence-corrected chi connectivity index (χ2v) is 4.94. The van der Waals surface area contributed by atoms with Gasteiger partial charge in [0.25, 0.3) is 5.91 Å². The number of nitrogens with zero attached hydrogens (tertiary/aromatic N) is 2. The fraction of sp³-hybridized carbons (Fsp3) is 0.0588. The number of carbonyl (C=O) groups excluding carboxylic acids is 1. The van der Waals surface area contributed by atoms with Gasteiger partial charge in [0, 0.05) is 23.9 Å². The van der Waals surface area contributed by atoms with E-state index in [1.165, 1.54) is 6.07 Å². The number of benzene rings is 2. The first-order valence-electron chi connectivity index (χ1n) is 6.96. The molecule has 23 heavy (non-hydrogen) atoms. The van der Waals surface area contributed by atoms with Crippen molar-refractivity contribution in [1.82, 2.24) is 15.1 Å². The van der Waals surface area contributed by atoms with Crippen LogP contribution in [0.3, 0.4) is 0 Å². The lowest BCUT2D eigenvalue weighted by Gasteiger charge is -2.04. The molecule has 0 aliphatic carbocycles. The third-order valence-corrected chi connectivity index (χ3v) is 3.29. The Morgan fingerprint density at radius 1 is 1.09 bits per heavy atom. The molecule has 0 saturated carbocycles. The Morgan fingerprint density at radius 3 is 2.61 bits per heavy atom. The number of amides is 1. The lowest BCUT2D eigenvalue weighted by atomic mass is 10.2. The molecular formula is C17H13F2N3O. The maximum absolute atomic E-state index is 13.1. The van der Waals surface area contributed by atoms with Crippen molar-refractivity contribution in [1.29, 1.82) is 0 Å². The van der Waals surface area contributed by atoms with Crippen molar-refractivity contribution in [3.8, 4) is 5.69 Å². The molecule has 1 amide bonds. The molecular weight excluding hydrogens is 300 g/mol. The van der Waals surface area contributed by atoms with Crippen LogP contribution in [0.15, 0.2) is 60.9 Å². The molecule has 2 aromatic carbocycles. The van der Waals surface area contributed by atoms with Crippen molar-refractivity contribution in [3.63, 3.8) is 0 Å². The third kappa shape index (κ3) is 3.42. The Bertz CT molecular complexity index is 831. The van der Waals surface area contributed by atoms with E-state index in [0.29, 0.717) is 0 Å². The van der Waals surface area contributed by atoms with Crippen LogP contribution in [0, 0.1) is 11.6 Å². The summed E-state index contributed by atoms with van der Waals surface area (Å²) in [5, 5.41) is 6.86. The number of halogens is 2. The highest BCUT2D eigenvalue weighted by Crippen LogP contribution is 2.10.